The Balaban J connectivity index is 1.56. The Labute approximate surface area is 208 Å². The van der Waals surface area contributed by atoms with E-state index in [0.717, 1.165) is 11.4 Å². The minimum atomic E-state index is -0.911. The number of carbonyl (C=O) groups excluding carboxylic acids is 1. The maximum atomic E-state index is 12.7. The van der Waals surface area contributed by atoms with Crippen LogP contribution in [0.5, 0.6) is 0 Å². The van der Waals surface area contributed by atoms with Crippen LogP contribution in [0.1, 0.15) is 55.5 Å². The molecule has 35 heavy (non-hydrogen) atoms. The zero-order chi connectivity index (χ0) is 25.4. The Hall–Kier alpha value is -2.26. The molecule has 0 spiro atoms. The minimum absolute atomic E-state index is 0.0794. The number of carbonyl (C=O) groups is 1. The van der Waals surface area contributed by atoms with Gasteiger partial charge < -0.3 is 25.2 Å². The predicted molar refractivity (Wildman–Crippen MR) is 134 cm³/mol. The van der Waals surface area contributed by atoms with E-state index < -0.39 is 23.4 Å². The van der Waals surface area contributed by atoms with E-state index >= 15 is 0 Å². The summed E-state index contributed by atoms with van der Waals surface area (Å²) in [6.45, 7) is 5.97. The average Bonchev–Trinajstić information content (AvgIpc) is 3.09. The Morgan fingerprint density at radius 3 is 2.63 bits per heavy atom. The van der Waals surface area contributed by atoms with Gasteiger partial charge >= 0.3 is 0 Å². The van der Waals surface area contributed by atoms with E-state index in [9.17, 15) is 15.0 Å². The number of fused-ring (bicyclic) bond motifs is 2. The summed E-state index contributed by atoms with van der Waals surface area (Å²) in [5.74, 6) is -0.0739. The fraction of sp³-hybridized carbons (Fsp3) is 0.630. The molecular weight excluding hydrogens is 444 g/mol. The predicted octanol–water partition coefficient (Wildman–Crippen LogP) is 2.15. The molecule has 192 valence electrons. The first-order valence-corrected chi connectivity index (χ1v) is 12.6. The number of aromatic nitrogens is 2. The smallest absolute Gasteiger partial charge is 0.241 e. The SMILES string of the molecule is Cc1cc(C)n(CC(=O)NC[C@@H](O)[C@]23CC[C@@H](N(C)C)[C@H](O)[C@](C)(C[C@@H](c4ccccc4)C2)O3)n1. The first-order valence-electron chi connectivity index (χ1n) is 12.6. The lowest BCUT2D eigenvalue weighted by Crippen LogP contribution is -2.61. The number of aliphatic hydroxyl groups is 2. The van der Waals surface area contributed by atoms with Gasteiger partial charge in [0.15, 0.2) is 0 Å². The van der Waals surface area contributed by atoms with Gasteiger partial charge in [0.05, 0.1) is 23.0 Å². The summed E-state index contributed by atoms with van der Waals surface area (Å²) in [7, 11) is 3.95. The highest BCUT2D eigenvalue weighted by molar-refractivity contribution is 5.75. The first kappa shape index (κ1) is 25.8. The molecule has 2 aliphatic rings. The molecule has 1 amide bonds. The van der Waals surface area contributed by atoms with E-state index in [0.29, 0.717) is 25.7 Å². The lowest BCUT2D eigenvalue weighted by molar-refractivity contribution is -0.250. The van der Waals surface area contributed by atoms with Crippen molar-refractivity contribution >= 4 is 5.91 Å². The summed E-state index contributed by atoms with van der Waals surface area (Å²) in [4.78, 5) is 14.7. The third-order valence-electron chi connectivity index (χ3n) is 7.96. The summed E-state index contributed by atoms with van der Waals surface area (Å²) in [5, 5.41) is 30.2. The summed E-state index contributed by atoms with van der Waals surface area (Å²) in [6.07, 6.45) is 0.988. The lowest BCUT2D eigenvalue weighted by atomic mass is 9.72. The highest BCUT2D eigenvalue weighted by Gasteiger charge is 2.57. The second-order valence-electron chi connectivity index (χ2n) is 10.9. The Kier molecular flexibility index (Phi) is 7.38. The molecule has 1 aromatic heterocycles. The Bertz CT molecular complexity index is 1030. The fourth-order valence-electron chi connectivity index (χ4n) is 6.11. The van der Waals surface area contributed by atoms with Crippen molar-refractivity contribution < 1.29 is 19.7 Å². The fourth-order valence-corrected chi connectivity index (χ4v) is 6.11. The van der Waals surface area contributed by atoms with Crippen LogP contribution in [-0.2, 0) is 16.1 Å². The molecule has 1 aromatic carbocycles. The zero-order valence-corrected chi connectivity index (χ0v) is 21.6. The van der Waals surface area contributed by atoms with Crippen molar-refractivity contribution in [3.8, 4) is 0 Å². The molecule has 2 saturated heterocycles. The number of benzene rings is 1. The molecule has 4 rings (SSSR count). The molecule has 2 fully saturated rings. The molecule has 3 heterocycles. The van der Waals surface area contributed by atoms with Crippen LogP contribution in [0.4, 0.5) is 0 Å². The number of likely N-dealkylation sites (N-methyl/N-ethyl adjacent to an activating group) is 1. The van der Waals surface area contributed by atoms with Crippen LogP contribution >= 0.6 is 0 Å². The first-order chi connectivity index (χ1) is 16.5. The van der Waals surface area contributed by atoms with Gasteiger partial charge in [0, 0.05) is 18.3 Å². The van der Waals surface area contributed by atoms with Crippen LogP contribution < -0.4 is 5.32 Å². The molecule has 0 aliphatic carbocycles. The normalized spacial score (nSPS) is 31.7. The van der Waals surface area contributed by atoms with E-state index in [1.165, 1.54) is 5.56 Å². The molecular formula is C27H40N4O4. The van der Waals surface area contributed by atoms with E-state index in [4.69, 9.17) is 4.74 Å². The minimum Gasteiger partial charge on any atom is -0.388 e. The number of rotatable bonds is 7. The van der Waals surface area contributed by atoms with Gasteiger partial charge in [-0.2, -0.15) is 5.10 Å². The third-order valence-corrected chi connectivity index (χ3v) is 7.96. The number of aryl methyl sites for hydroxylation is 2. The average molecular weight is 485 g/mol. The van der Waals surface area contributed by atoms with Crippen LogP contribution in [0.25, 0.3) is 0 Å². The highest BCUT2D eigenvalue weighted by Crippen LogP contribution is 2.51. The van der Waals surface area contributed by atoms with Crippen molar-refractivity contribution in [3.05, 3.63) is 53.3 Å². The second-order valence-corrected chi connectivity index (χ2v) is 10.9. The van der Waals surface area contributed by atoms with Crippen molar-refractivity contribution in [3.63, 3.8) is 0 Å². The highest BCUT2D eigenvalue weighted by atomic mass is 16.6. The number of ether oxygens (including phenoxy) is 1. The third kappa shape index (κ3) is 5.31. The molecule has 3 N–H and O–H groups in total. The van der Waals surface area contributed by atoms with Gasteiger partial charge in [0.1, 0.15) is 12.6 Å². The van der Waals surface area contributed by atoms with Crippen LogP contribution in [0.2, 0.25) is 0 Å². The van der Waals surface area contributed by atoms with Gasteiger partial charge in [-0.05, 0) is 78.1 Å². The topological polar surface area (TPSA) is 99.9 Å². The van der Waals surface area contributed by atoms with E-state index in [1.807, 2.05) is 64.0 Å². The summed E-state index contributed by atoms with van der Waals surface area (Å²) in [6, 6.07) is 12.1. The lowest BCUT2D eigenvalue weighted by Gasteiger charge is -2.52. The van der Waals surface area contributed by atoms with Gasteiger partial charge in [-0.15, -0.1) is 0 Å². The largest absolute Gasteiger partial charge is 0.388 e. The monoisotopic (exact) mass is 484 g/mol. The number of hydrogen-bond acceptors (Lipinski definition) is 6. The number of hydrogen-bond donors (Lipinski definition) is 3. The Morgan fingerprint density at radius 1 is 1.29 bits per heavy atom. The van der Waals surface area contributed by atoms with Crippen molar-refractivity contribution in [2.24, 2.45) is 0 Å². The van der Waals surface area contributed by atoms with Crippen LogP contribution in [0, 0.1) is 13.8 Å². The molecule has 8 heteroatoms. The molecule has 2 aliphatic heterocycles. The molecule has 0 unspecified atom stereocenters. The Morgan fingerprint density at radius 2 is 2.00 bits per heavy atom. The summed E-state index contributed by atoms with van der Waals surface area (Å²) >= 11 is 0. The van der Waals surface area contributed by atoms with Crippen LogP contribution in [-0.4, -0.2) is 80.9 Å². The van der Waals surface area contributed by atoms with Crippen molar-refractivity contribution in [2.75, 3.05) is 20.6 Å². The quantitative estimate of drug-likeness (QED) is 0.557. The van der Waals surface area contributed by atoms with Crippen LogP contribution in [0.15, 0.2) is 36.4 Å². The maximum Gasteiger partial charge on any atom is 0.241 e. The number of aliphatic hydroxyl groups excluding tert-OH is 2. The standard InChI is InChI=1S/C27H40N4O4/c1-18-13-19(2)31(29-18)17-24(33)28-16-23(32)27-12-11-22(30(4)5)25(34)26(3,35-27)14-21(15-27)20-9-7-6-8-10-20/h6-10,13,21-23,25,32,34H,11-12,14-17H2,1-5H3,(H,28,33)/t21-,22-,23-,25+,26+,27+/m1/s1. The molecule has 8 nitrogen and oxygen atoms in total. The van der Waals surface area contributed by atoms with Gasteiger partial charge in [0.25, 0.3) is 0 Å². The van der Waals surface area contributed by atoms with E-state index in [2.05, 4.69) is 22.5 Å². The zero-order valence-electron chi connectivity index (χ0n) is 21.6. The van der Waals surface area contributed by atoms with Gasteiger partial charge in [-0.25, -0.2) is 0 Å². The second kappa shape index (κ2) is 10.0. The molecule has 0 radical (unpaired) electrons. The summed E-state index contributed by atoms with van der Waals surface area (Å²) < 4.78 is 8.37. The van der Waals surface area contributed by atoms with Crippen molar-refractivity contribution in [1.82, 2.24) is 20.0 Å². The molecule has 6 atom stereocenters. The molecule has 0 saturated carbocycles. The van der Waals surface area contributed by atoms with E-state index in [-0.39, 0.29) is 31.0 Å². The molecule has 2 bridgehead atoms. The van der Waals surface area contributed by atoms with Crippen LogP contribution in [0.3, 0.4) is 0 Å². The number of nitrogens with one attached hydrogen (secondary N) is 1. The van der Waals surface area contributed by atoms with Gasteiger partial charge in [-0.3, -0.25) is 9.48 Å². The number of nitrogens with zero attached hydrogens (tertiary/aromatic N) is 3. The van der Waals surface area contributed by atoms with Crippen molar-refractivity contribution in [1.29, 1.82) is 0 Å². The summed E-state index contributed by atoms with van der Waals surface area (Å²) in [5.41, 5.74) is 1.27. The maximum absolute atomic E-state index is 12.7. The molecule has 2 aromatic rings. The number of amides is 1. The van der Waals surface area contributed by atoms with Gasteiger partial charge in [0.2, 0.25) is 5.91 Å². The van der Waals surface area contributed by atoms with Gasteiger partial charge in [-0.1, -0.05) is 30.3 Å². The van der Waals surface area contributed by atoms with Crippen molar-refractivity contribution in [2.45, 2.75) is 88.4 Å². The van der Waals surface area contributed by atoms with E-state index in [1.54, 1.807) is 4.68 Å².